The molecule has 0 fully saturated rings. The molecule has 0 aliphatic rings. The van der Waals surface area contributed by atoms with Crippen LogP contribution in [0, 0.1) is 18.6 Å². The summed E-state index contributed by atoms with van der Waals surface area (Å²) >= 11 is 0. The molecule has 0 aromatic heterocycles. The Morgan fingerprint density at radius 3 is 2.61 bits per heavy atom. The average Bonchev–Trinajstić information content (AvgIpc) is 2.36. The van der Waals surface area contributed by atoms with E-state index < -0.39 is 5.82 Å². The van der Waals surface area contributed by atoms with Gasteiger partial charge in [-0.1, -0.05) is 13.3 Å². The van der Waals surface area contributed by atoms with E-state index in [9.17, 15) is 8.78 Å². The molecule has 0 aliphatic carbocycles. The number of aryl methyl sites for hydroxylation is 1. The third-order valence-corrected chi connectivity index (χ3v) is 2.94. The van der Waals surface area contributed by atoms with Gasteiger partial charge in [-0.15, -0.1) is 0 Å². The van der Waals surface area contributed by atoms with Crippen molar-refractivity contribution in [3.63, 3.8) is 0 Å². The second kappa shape index (κ2) is 5.34. The van der Waals surface area contributed by atoms with Crippen LogP contribution in [0.3, 0.4) is 0 Å². The van der Waals surface area contributed by atoms with Gasteiger partial charge in [0.25, 0.3) is 0 Å². The Labute approximate surface area is 105 Å². The highest BCUT2D eigenvalue weighted by atomic mass is 19.1. The molecule has 3 heteroatoms. The van der Waals surface area contributed by atoms with E-state index in [1.54, 1.807) is 25.1 Å². The summed E-state index contributed by atoms with van der Waals surface area (Å²) in [6.45, 7) is 4.23. The number of hydrogen-bond donors (Lipinski definition) is 0. The van der Waals surface area contributed by atoms with Crippen LogP contribution in [-0.4, -0.2) is 6.61 Å². The summed E-state index contributed by atoms with van der Waals surface area (Å²) < 4.78 is 33.1. The Hall–Kier alpha value is -1.64. The van der Waals surface area contributed by atoms with E-state index in [1.807, 2.05) is 0 Å². The zero-order chi connectivity index (χ0) is 13.1. The lowest BCUT2D eigenvalue weighted by Gasteiger charge is -2.09. The molecule has 0 bridgehead atoms. The van der Waals surface area contributed by atoms with Crippen molar-refractivity contribution in [2.75, 3.05) is 6.61 Å². The second-order valence-electron chi connectivity index (χ2n) is 4.40. The van der Waals surface area contributed by atoms with Crippen LogP contribution < -0.4 is 4.74 Å². The summed E-state index contributed by atoms with van der Waals surface area (Å²) in [5.74, 6) is -0.200. The number of halogens is 2. The molecule has 0 atom stereocenters. The van der Waals surface area contributed by atoms with Gasteiger partial charge in [0.2, 0.25) is 0 Å². The highest BCUT2D eigenvalue weighted by molar-refractivity contribution is 5.85. The Balaban J connectivity index is 2.39. The first-order valence-electron chi connectivity index (χ1n) is 6.14. The fourth-order valence-electron chi connectivity index (χ4n) is 1.88. The van der Waals surface area contributed by atoms with Gasteiger partial charge < -0.3 is 4.74 Å². The molecule has 0 aliphatic heterocycles. The molecule has 0 N–H and O–H groups in total. The van der Waals surface area contributed by atoms with Crippen molar-refractivity contribution < 1.29 is 13.5 Å². The number of hydrogen-bond acceptors (Lipinski definition) is 1. The molecular weight excluding hydrogens is 234 g/mol. The first-order valence-corrected chi connectivity index (χ1v) is 6.14. The fraction of sp³-hybridized carbons (Fsp3) is 0.333. The smallest absolute Gasteiger partial charge is 0.134 e. The van der Waals surface area contributed by atoms with Crippen LogP contribution in [0.1, 0.15) is 25.3 Å². The molecular formula is C15H16F2O. The molecule has 0 saturated carbocycles. The van der Waals surface area contributed by atoms with E-state index in [-0.39, 0.29) is 11.2 Å². The molecule has 2 aromatic rings. The maximum Gasteiger partial charge on any atom is 0.134 e. The Morgan fingerprint density at radius 1 is 1.11 bits per heavy atom. The first kappa shape index (κ1) is 12.8. The minimum absolute atomic E-state index is 0.270. The van der Waals surface area contributed by atoms with Crippen molar-refractivity contribution >= 4 is 10.8 Å². The molecule has 2 aromatic carbocycles. The van der Waals surface area contributed by atoms with Crippen molar-refractivity contribution in [1.82, 2.24) is 0 Å². The van der Waals surface area contributed by atoms with Crippen LogP contribution in [0.5, 0.6) is 5.75 Å². The van der Waals surface area contributed by atoms with Crippen LogP contribution in [0.25, 0.3) is 10.8 Å². The molecule has 0 unspecified atom stereocenters. The number of fused-ring (bicyclic) bond motifs is 1. The predicted octanol–water partition coefficient (Wildman–Crippen LogP) is 4.61. The van der Waals surface area contributed by atoms with E-state index in [0.29, 0.717) is 23.3 Å². The summed E-state index contributed by atoms with van der Waals surface area (Å²) in [5.41, 5.74) is 0.319. The van der Waals surface area contributed by atoms with Crippen molar-refractivity contribution in [3.8, 4) is 5.75 Å². The highest BCUT2D eigenvalue weighted by Crippen LogP contribution is 2.27. The summed E-state index contributed by atoms with van der Waals surface area (Å²) in [4.78, 5) is 0. The zero-order valence-corrected chi connectivity index (χ0v) is 10.6. The SMILES string of the molecule is CCCCOc1ccc2c(F)c(C)cc(F)c2c1. The summed E-state index contributed by atoms with van der Waals surface area (Å²) in [6.07, 6.45) is 1.98. The highest BCUT2D eigenvalue weighted by Gasteiger charge is 2.10. The Morgan fingerprint density at radius 2 is 1.89 bits per heavy atom. The summed E-state index contributed by atoms with van der Waals surface area (Å²) in [6, 6.07) is 6.03. The third kappa shape index (κ3) is 2.45. The van der Waals surface area contributed by atoms with Crippen molar-refractivity contribution in [1.29, 1.82) is 0 Å². The van der Waals surface area contributed by atoms with E-state index in [2.05, 4.69) is 6.92 Å². The molecule has 0 amide bonds. The molecule has 2 rings (SSSR count). The van der Waals surface area contributed by atoms with Gasteiger partial charge in [0, 0.05) is 10.8 Å². The normalized spacial score (nSPS) is 10.9. The Bertz CT molecular complexity index is 564. The van der Waals surface area contributed by atoms with Gasteiger partial charge >= 0.3 is 0 Å². The third-order valence-electron chi connectivity index (χ3n) is 2.94. The topological polar surface area (TPSA) is 9.23 Å². The molecule has 18 heavy (non-hydrogen) atoms. The van der Waals surface area contributed by atoms with Gasteiger partial charge in [0.15, 0.2) is 0 Å². The largest absolute Gasteiger partial charge is 0.494 e. The van der Waals surface area contributed by atoms with Crippen LogP contribution in [0.2, 0.25) is 0 Å². The lowest BCUT2D eigenvalue weighted by molar-refractivity contribution is 0.309. The van der Waals surface area contributed by atoms with Gasteiger partial charge in [-0.05, 0) is 43.2 Å². The van der Waals surface area contributed by atoms with E-state index in [4.69, 9.17) is 4.74 Å². The predicted molar refractivity (Wildman–Crippen MR) is 69.0 cm³/mol. The van der Waals surface area contributed by atoms with Gasteiger partial charge in [-0.25, -0.2) is 8.78 Å². The Kier molecular flexibility index (Phi) is 3.80. The lowest BCUT2D eigenvalue weighted by atomic mass is 10.1. The standard InChI is InChI=1S/C15H16F2O/c1-3-4-7-18-11-5-6-12-13(9-11)14(16)8-10(2)15(12)17/h5-6,8-9H,3-4,7H2,1-2H3. The number of unbranched alkanes of at least 4 members (excludes halogenated alkanes) is 1. The van der Waals surface area contributed by atoms with Crippen molar-refractivity contribution in [3.05, 3.63) is 41.5 Å². The number of benzene rings is 2. The molecule has 0 saturated heterocycles. The molecule has 0 spiro atoms. The van der Waals surface area contributed by atoms with E-state index in [0.717, 1.165) is 12.8 Å². The lowest BCUT2D eigenvalue weighted by Crippen LogP contribution is -1.97. The molecule has 96 valence electrons. The zero-order valence-electron chi connectivity index (χ0n) is 10.6. The van der Waals surface area contributed by atoms with Gasteiger partial charge in [-0.2, -0.15) is 0 Å². The fourth-order valence-corrected chi connectivity index (χ4v) is 1.88. The monoisotopic (exact) mass is 250 g/mol. The van der Waals surface area contributed by atoms with Gasteiger partial charge in [-0.3, -0.25) is 0 Å². The number of ether oxygens (including phenoxy) is 1. The minimum Gasteiger partial charge on any atom is -0.494 e. The average molecular weight is 250 g/mol. The molecule has 1 nitrogen and oxygen atoms in total. The van der Waals surface area contributed by atoms with Gasteiger partial charge in [0.05, 0.1) is 6.61 Å². The van der Waals surface area contributed by atoms with Crippen molar-refractivity contribution in [2.45, 2.75) is 26.7 Å². The molecule has 0 heterocycles. The van der Waals surface area contributed by atoms with Crippen LogP contribution in [0.4, 0.5) is 8.78 Å². The van der Waals surface area contributed by atoms with Crippen LogP contribution in [0.15, 0.2) is 24.3 Å². The summed E-state index contributed by atoms with van der Waals surface area (Å²) in [5, 5.41) is 0.572. The van der Waals surface area contributed by atoms with Crippen LogP contribution >= 0.6 is 0 Å². The second-order valence-corrected chi connectivity index (χ2v) is 4.40. The molecule has 0 radical (unpaired) electrons. The van der Waals surface area contributed by atoms with E-state index in [1.165, 1.54) is 6.07 Å². The van der Waals surface area contributed by atoms with Crippen molar-refractivity contribution in [2.24, 2.45) is 0 Å². The summed E-state index contributed by atoms with van der Waals surface area (Å²) in [7, 11) is 0. The van der Waals surface area contributed by atoms with Gasteiger partial charge in [0.1, 0.15) is 17.4 Å². The maximum absolute atomic E-state index is 13.8. The number of rotatable bonds is 4. The minimum atomic E-state index is -0.412. The first-order chi connectivity index (χ1) is 8.63. The van der Waals surface area contributed by atoms with Crippen LogP contribution in [-0.2, 0) is 0 Å². The maximum atomic E-state index is 13.8. The quantitative estimate of drug-likeness (QED) is 0.720. The van der Waals surface area contributed by atoms with E-state index >= 15 is 0 Å².